The van der Waals surface area contributed by atoms with Crippen LogP contribution in [0.5, 0.6) is 0 Å². The number of hydrogen-bond acceptors (Lipinski definition) is 4. The van der Waals surface area contributed by atoms with Gasteiger partial charge in [-0.3, -0.25) is 9.59 Å². The van der Waals surface area contributed by atoms with Crippen molar-refractivity contribution >= 4 is 22.5 Å². The highest BCUT2D eigenvalue weighted by Gasteiger charge is 2.29. The average molecular weight is 396 g/mol. The van der Waals surface area contributed by atoms with E-state index >= 15 is 0 Å². The lowest BCUT2D eigenvalue weighted by Crippen LogP contribution is -2.36. The SMILES string of the molecule is CC(=O)c1ccccc1C(=O)N1CCc2onc(-c3cccc4ccccc34)c2C1. The first-order valence-corrected chi connectivity index (χ1v) is 9.98. The van der Waals surface area contributed by atoms with E-state index in [4.69, 9.17) is 4.52 Å². The van der Waals surface area contributed by atoms with Crippen molar-refractivity contribution in [3.63, 3.8) is 0 Å². The van der Waals surface area contributed by atoms with Crippen LogP contribution in [0, 0.1) is 0 Å². The predicted molar refractivity (Wildman–Crippen MR) is 114 cm³/mol. The second-order valence-corrected chi connectivity index (χ2v) is 7.54. The van der Waals surface area contributed by atoms with Gasteiger partial charge in [-0.25, -0.2) is 0 Å². The molecule has 4 aromatic rings. The van der Waals surface area contributed by atoms with Crippen molar-refractivity contribution in [1.29, 1.82) is 0 Å². The Morgan fingerprint density at radius 3 is 2.50 bits per heavy atom. The van der Waals surface area contributed by atoms with Crippen molar-refractivity contribution < 1.29 is 14.1 Å². The van der Waals surface area contributed by atoms with Gasteiger partial charge < -0.3 is 9.42 Å². The lowest BCUT2D eigenvalue weighted by molar-refractivity contribution is 0.0724. The first-order valence-electron chi connectivity index (χ1n) is 9.98. The van der Waals surface area contributed by atoms with Crippen LogP contribution in [0.1, 0.15) is 39.0 Å². The predicted octanol–water partition coefficient (Wildman–Crippen LogP) is 4.90. The molecule has 30 heavy (non-hydrogen) atoms. The number of ketones is 1. The van der Waals surface area contributed by atoms with Crippen molar-refractivity contribution in [2.24, 2.45) is 0 Å². The van der Waals surface area contributed by atoms with Crippen molar-refractivity contribution in [3.8, 4) is 11.3 Å². The van der Waals surface area contributed by atoms with Crippen LogP contribution in [0.3, 0.4) is 0 Å². The summed E-state index contributed by atoms with van der Waals surface area (Å²) >= 11 is 0. The van der Waals surface area contributed by atoms with E-state index in [9.17, 15) is 9.59 Å². The van der Waals surface area contributed by atoms with Crippen LogP contribution >= 0.6 is 0 Å². The van der Waals surface area contributed by atoms with Crippen LogP contribution in [-0.4, -0.2) is 28.3 Å². The Morgan fingerprint density at radius 1 is 0.933 bits per heavy atom. The number of fused-ring (bicyclic) bond motifs is 2. The summed E-state index contributed by atoms with van der Waals surface area (Å²) in [5.74, 6) is 0.566. The summed E-state index contributed by atoms with van der Waals surface area (Å²) in [6.45, 7) is 2.42. The van der Waals surface area contributed by atoms with Crippen molar-refractivity contribution in [3.05, 3.63) is 89.2 Å². The molecule has 0 aliphatic carbocycles. The minimum atomic E-state index is -0.142. The molecule has 0 saturated heterocycles. The molecule has 1 aliphatic rings. The second-order valence-electron chi connectivity index (χ2n) is 7.54. The Hall–Kier alpha value is -3.73. The molecule has 0 radical (unpaired) electrons. The summed E-state index contributed by atoms with van der Waals surface area (Å²) in [4.78, 5) is 27.0. The Bertz CT molecular complexity index is 1280. The molecule has 0 saturated carbocycles. The fraction of sp³-hybridized carbons (Fsp3) is 0.160. The van der Waals surface area contributed by atoms with Gasteiger partial charge in [-0.05, 0) is 23.8 Å². The van der Waals surface area contributed by atoms with Crippen LogP contribution < -0.4 is 0 Å². The topological polar surface area (TPSA) is 63.4 Å². The molecule has 5 nitrogen and oxygen atoms in total. The molecule has 2 heterocycles. The largest absolute Gasteiger partial charge is 0.360 e. The summed E-state index contributed by atoms with van der Waals surface area (Å²) in [5, 5.41) is 6.59. The molecule has 5 heteroatoms. The van der Waals surface area contributed by atoms with E-state index in [1.807, 2.05) is 24.3 Å². The third-order valence-electron chi connectivity index (χ3n) is 5.70. The number of carbonyl (C=O) groups is 2. The Balaban J connectivity index is 1.53. The molecule has 1 aromatic heterocycles. The number of nitrogens with zero attached hydrogens (tertiary/aromatic N) is 2. The molecule has 3 aromatic carbocycles. The number of carbonyl (C=O) groups excluding carboxylic acids is 2. The Morgan fingerprint density at radius 2 is 1.67 bits per heavy atom. The van der Waals surface area contributed by atoms with Gasteiger partial charge in [0.2, 0.25) is 0 Å². The van der Waals surface area contributed by atoms with Gasteiger partial charge in [0.15, 0.2) is 5.78 Å². The molecule has 0 atom stereocenters. The molecule has 0 fully saturated rings. The Labute approximate surface area is 173 Å². The number of benzene rings is 3. The quantitative estimate of drug-likeness (QED) is 0.462. The second kappa shape index (κ2) is 7.26. The summed E-state index contributed by atoms with van der Waals surface area (Å²) in [7, 11) is 0. The first-order chi connectivity index (χ1) is 14.6. The minimum absolute atomic E-state index is 0.113. The van der Waals surface area contributed by atoms with Crippen LogP contribution in [0.25, 0.3) is 22.0 Å². The van der Waals surface area contributed by atoms with Crippen molar-refractivity contribution in [2.45, 2.75) is 19.9 Å². The normalized spacial score (nSPS) is 13.3. The van der Waals surface area contributed by atoms with Gasteiger partial charge in [0.05, 0.1) is 12.1 Å². The third kappa shape index (κ3) is 2.99. The zero-order valence-electron chi connectivity index (χ0n) is 16.6. The van der Waals surface area contributed by atoms with Crippen LogP contribution in [0.2, 0.25) is 0 Å². The zero-order chi connectivity index (χ0) is 20.7. The van der Waals surface area contributed by atoms with Crippen LogP contribution in [-0.2, 0) is 13.0 Å². The maximum absolute atomic E-state index is 13.2. The van der Waals surface area contributed by atoms with Gasteiger partial charge in [-0.2, -0.15) is 0 Å². The summed E-state index contributed by atoms with van der Waals surface area (Å²) < 4.78 is 5.64. The van der Waals surface area contributed by atoms with E-state index in [2.05, 4.69) is 23.4 Å². The van der Waals surface area contributed by atoms with Crippen molar-refractivity contribution in [1.82, 2.24) is 10.1 Å². The van der Waals surface area contributed by atoms with Crippen LogP contribution in [0.4, 0.5) is 0 Å². The molecular weight excluding hydrogens is 376 g/mol. The molecular formula is C25H20N2O3. The van der Waals surface area contributed by atoms with E-state index in [0.717, 1.165) is 33.4 Å². The number of rotatable bonds is 3. The van der Waals surface area contributed by atoms with Crippen LogP contribution in [0.15, 0.2) is 71.3 Å². The molecule has 0 N–H and O–H groups in total. The highest BCUT2D eigenvalue weighted by molar-refractivity contribution is 6.07. The molecule has 1 amide bonds. The molecule has 0 bridgehead atoms. The Kier molecular flexibility index (Phi) is 4.43. The van der Waals surface area contributed by atoms with E-state index in [1.54, 1.807) is 29.2 Å². The first kappa shape index (κ1) is 18.3. The molecule has 148 valence electrons. The van der Waals surface area contributed by atoms with Crippen molar-refractivity contribution in [2.75, 3.05) is 6.54 Å². The maximum atomic E-state index is 13.2. The monoisotopic (exact) mass is 396 g/mol. The fourth-order valence-corrected chi connectivity index (χ4v) is 4.17. The highest BCUT2D eigenvalue weighted by Crippen LogP contribution is 2.34. The van der Waals surface area contributed by atoms with E-state index in [1.165, 1.54) is 6.92 Å². The summed E-state index contributed by atoms with van der Waals surface area (Å²) in [6.07, 6.45) is 0.598. The fourth-order valence-electron chi connectivity index (χ4n) is 4.17. The zero-order valence-corrected chi connectivity index (χ0v) is 16.6. The number of hydrogen-bond donors (Lipinski definition) is 0. The van der Waals surface area contributed by atoms with E-state index in [0.29, 0.717) is 30.6 Å². The summed E-state index contributed by atoms with van der Waals surface area (Å²) in [6, 6.07) is 21.3. The molecule has 0 unspecified atom stereocenters. The number of amides is 1. The summed E-state index contributed by atoms with van der Waals surface area (Å²) in [5.41, 5.74) is 3.60. The van der Waals surface area contributed by atoms with Gasteiger partial charge >= 0.3 is 0 Å². The number of aromatic nitrogens is 1. The van der Waals surface area contributed by atoms with Gasteiger partial charge in [-0.15, -0.1) is 0 Å². The molecule has 5 rings (SSSR count). The molecule has 0 spiro atoms. The van der Waals surface area contributed by atoms with Gasteiger partial charge in [0.1, 0.15) is 11.5 Å². The average Bonchev–Trinajstić information content (AvgIpc) is 3.21. The smallest absolute Gasteiger partial charge is 0.254 e. The van der Waals surface area contributed by atoms with Gasteiger partial charge in [-0.1, -0.05) is 65.8 Å². The number of Topliss-reactive ketones (excluding diaryl/α,β-unsaturated/α-hetero) is 1. The van der Waals surface area contributed by atoms with Gasteiger partial charge in [0.25, 0.3) is 5.91 Å². The molecule has 1 aliphatic heterocycles. The maximum Gasteiger partial charge on any atom is 0.254 e. The van der Waals surface area contributed by atoms with E-state index in [-0.39, 0.29) is 11.7 Å². The standard InChI is InChI=1S/C25H20N2O3/c1-16(28)18-9-4-5-11-21(18)25(29)27-14-13-23-22(15-27)24(26-30-23)20-12-6-8-17-7-2-3-10-19(17)20/h2-12H,13-15H2,1H3. The van der Waals surface area contributed by atoms with E-state index < -0.39 is 0 Å². The lowest BCUT2D eigenvalue weighted by Gasteiger charge is -2.27. The lowest BCUT2D eigenvalue weighted by atomic mass is 9.96. The highest BCUT2D eigenvalue weighted by atomic mass is 16.5. The third-order valence-corrected chi connectivity index (χ3v) is 5.70. The minimum Gasteiger partial charge on any atom is -0.360 e. The van der Waals surface area contributed by atoms with Gasteiger partial charge in [0, 0.05) is 29.7 Å².